The molecule has 0 spiro atoms. The fourth-order valence-corrected chi connectivity index (χ4v) is 1.86. The number of esters is 1. The van der Waals surface area contributed by atoms with Crippen LogP contribution in [0.1, 0.15) is 18.9 Å². The Hall–Kier alpha value is -2.49. The van der Waals surface area contributed by atoms with Crippen molar-refractivity contribution in [1.82, 2.24) is 0 Å². The Morgan fingerprint density at radius 2 is 1.76 bits per heavy atom. The van der Waals surface area contributed by atoms with Gasteiger partial charge in [-0.1, -0.05) is 49.4 Å². The van der Waals surface area contributed by atoms with Gasteiger partial charge in [0.1, 0.15) is 12.4 Å². The Balaban J connectivity index is 1.94. The van der Waals surface area contributed by atoms with E-state index in [2.05, 4.69) is 0 Å². The Morgan fingerprint density at radius 1 is 1.10 bits per heavy atom. The van der Waals surface area contributed by atoms with Gasteiger partial charge in [0.25, 0.3) is 0 Å². The molecule has 2 N–H and O–H groups in total. The molecule has 2 rings (SSSR count). The first-order chi connectivity index (χ1) is 10.2. The molecule has 1 atom stereocenters. The molecule has 2 aromatic carbocycles. The number of carbonyl (C=O) groups is 1. The van der Waals surface area contributed by atoms with Crippen molar-refractivity contribution < 1.29 is 14.3 Å². The van der Waals surface area contributed by atoms with Gasteiger partial charge >= 0.3 is 5.97 Å². The third-order valence-electron chi connectivity index (χ3n) is 3.05. The number of nitrogen functional groups attached to an aromatic ring is 1. The van der Waals surface area contributed by atoms with E-state index >= 15 is 0 Å². The summed E-state index contributed by atoms with van der Waals surface area (Å²) in [6.45, 7) is 2.11. The maximum atomic E-state index is 12.1. The van der Waals surface area contributed by atoms with E-state index in [0.29, 0.717) is 17.9 Å². The van der Waals surface area contributed by atoms with Gasteiger partial charge in [-0.25, -0.2) is 4.79 Å². The lowest BCUT2D eigenvalue weighted by molar-refractivity contribution is -0.153. The van der Waals surface area contributed by atoms with E-state index in [4.69, 9.17) is 15.2 Å². The fraction of sp³-hybridized carbons (Fsp3) is 0.235. The van der Waals surface area contributed by atoms with Crippen LogP contribution in [0.15, 0.2) is 54.6 Å². The standard InChI is InChI=1S/C17H19NO3/c1-2-15(21-16-11-7-6-10-14(16)18)17(19)20-12-13-8-4-3-5-9-13/h3-11,15H,2,12,18H2,1H3. The second kappa shape index (κ2) is 7.33. The van der Waals surface area contributed by atoms with Gasteiger partial charge in [0, 0.05) is 0 Å². The van der Waals surface area contributed by atoms with E-state index in [1.807, 2.05) is 49.4 Å². The van der Waals surface area contributed by atoms with Crippen LogP contribution in [0.5, 0.6) is 5.75 Å². The molecular weight excluding hydrogens is 266 g/mol. The lowest BCUT2D eigenvalue weighted by atomic mass is 10.2. The summed E-state index contributed by atoms with van der Waals surface area (Å²) < 4.78 is 10.9. The molecule has 0 amide bonds. The summed E-state index contributed by atoms with van der Waals surface area (Å²) >= 11 is 0. The fourth-order valence-electron chi connectivity index (χ4n) is 1.86. The van der Waals surface area contributed by atoms with Crippen molar-refractivity contribution in [1.29, 1.82) is 0 Å². The van der Waals surface area contributed by atoms with Gasteiger partial charge in [-0.05, 0) is 24.1 Å². The SMILES string of the molecule is CCC(Oc1ccccc1N)C(=O)OCc1ccccc1. The lowest BCUT2D eigenvalue weighted by Gasteiger charge is -2.17. The van der Waals surface area contributed by atoms with Crippen LogP contribution in [-0.4, -0.2) is 12.1 Å². The monoisotopic (exact) mass is 285 g/mol. The zero-order valence-electron chi connectivity index (χ0n) is 12.0. The number of rotatable bonds is 6. The highest BCUT2D eigenvalue weighted by molar-refractivity contribution is 5.75. The van der Waals surface area contributed by atoms with Crippen molar-refractivity contribution in [3.8, 4) is 5.75 Å². The molecule has 0 radical (unpaired) electrons. The molecule has 0 aromatic heterocycles. The highest BCUT2D eigenvalue weighted by Gasteiger charge is 2.20. The van der Waals surface area contributed by atoms with E-state index in [0.717, 1.165) is 5.56 Å². The van der Waals surface area contributed by atoms with Gasteiger partial charge in [-0.15, -0.1) is 0 Å². The van der Waals surface area contributed by atoms with Crippen LogP contribution in [0.3, 0.4) is 0 Å². The molecule has 0 aliphatic carbocycles. The first kappa shape index (κ1) is 14.9. The van der Waals surface area contributed by atoms with E-state index in [9.17, 15) is 4.79 Å². The zero-order valence-corrected chi connectivity index (χ0v) is 12.0. The number of benzene rings is 2. The molecule has 4 nitrogen and oxygen atoms in total. The summed E-state index contributed by atoms with van der Waals surface area (Å²) in [5.74, 6) is 0.116. The molecule has 0 fully saturated rings. The van der Waals surface area contributed by atoms with E-state index in [1.165, 1.54) is 0 Å². The molecule has 0 saturated heterocycles. The summed E-state index contributed by atoms with van der Waals surface area (Å²) in [7, 11) is 0. The van der Waals surface area contributed by atoms with E-state index < -0.39 is 6.10 Å². The predicted octanol–water partition coefficient (Wildman–Crippen LogP) is 3.17. The van der Waals surface area contributed by atoms with E-state index in [1.54, 1.807) is 12.1 Å². The number of nitrogens with two attached hydrogens (primary N) is 1. The van der Waals surface area contributed by atoms with Gasteiger partial charge in [-0.2, -0.15) is 0 Å². The molecule has 4 heteroatoms. The van der Waals surface area contributed by atoms with Crippen LogP contribution < -0.4 is 10.5 Å². The minimum atomic E-state index is -0.654. The molecule has 110 valence electrons. The molecule has 0 aliphatic rings. The maximum Gasteiger partial charge on any atom is 0.347 e. The Labute approximate surface area is 124 Å². The Bertz CT molecular complexity index is 584. The normalized spacial score (nSPS) is 11.7. The van der Waals surface area contributed by atoms with Gasteiger partial charge < -0.3 is 15.2 Å². The number of para-hydroxylation sites is 2. The first-order valence-electron chi connectivity index (χ1n) is 6.92. The largest absolute Gasteiger partial charge is 0.477 e. The van der Waals surface area contributed by atoms with Gasteiger partial charge in [0.2, 0.25) is 0 Å². The average Bonchev–Trinajstić information content (AvgIpc) is 2.53. The van der Waals surface area contributed by atoms with Crippen LogP contribution in [-0.2, 0) is 16.1 Å². The summed E-state index contributed by atoms with van der Waals surface area (Å²) in [4.78, 5) is 12.1. The van der Waals surface area contributed by atoms with Gasteiger partial charge in [-0.3, -0.25) is 0 Å². The molecule has 1 unspecified atom stereocenters. The molecular formula is C17H19NO3. The zero-order chi connectivity index (χ0) is 15.1. The maximum absolute atomic E-state index is 12.1. The van der Waals surface area contributed by atoms with Crippen LogP contribution in [0.2, 0.25) is 0 Å². The average molecular weight is 285 g/mol. The predicted molar refractivity (Wildman–Crippen MR) is 81.8 cm³/mol. The smallest absolute Gasteiger partial charge is 0.347 e. The van der Waals surface area contributed by atoms with Crippen molar-refractivity contribution in [2.24, 2.45) is 0 Å². The van der Waals surface area contributed by atoms with Crippen molar-refractivity contribution in [2.75, 3.05) is 5.73 Å². The minimum Gasteiger partial charge on any atom is -0.477 e. The first-order valence-corrected chi connectivity index (χ1v) is 6.92. The molecule has 21 heavy (non-hydrogen) atoms. The van der Waals surface area contributed by atoms with Crippen LogP contribution in [0.25, 0.3) is 0 Å². The van der Waals surface area contributed by atoms with Crippen molar-refractivity contribution in [3.63, 3.8) is 0 Å². The summed E-state index contributed by atoms with van der Waals surface area (Å²) in [5.41, 5.74) is 7.26. The number of carbonyl (C=O) groups excluding carboxylic acids is 1. The summed E-state index contributed by atoms with van der Waals surface area (Å²) in [5, 5.41) is 0. The second-order valence-electron chi connectivity index (χ2n) is 4.65. The van der Waals surface area contributed by atoms with Gasteiger partial charge in [0.15, 0.2) is 6.10 Å². The van der Waals surface area contributed by atoms with Crippen molar-refractivity contribution in [2.45, 2.75) is 26.1 Å². The number of anilines is 1. The van der Waals surface area contributed by atoms with Gasteiger partial charge in [0.05, 0.1) is 5.69 Å². The number of hydrogen-bond acceptors (Lipinski definition) is 4. The van der Waals surface area contributed by atoms with Crippen LogP contribution in [0, 0.1) is 0 Å². The number of hydrogen-bond donors (Lipinski definition) is 1. The number of ether oxygens (including phenoxy) is 2. The molecule has 0 saturated carbocycles. The molecule has 0 heterocycles. The highest BCUT2D eigenvalue weighted by Crippen LogP contribution is 2.22. The second-order valence-corrected chi connectivity index (χ2v) is 4.65. The third kappa shape index (κ3) is 4.24. The van der Waals surface area contributed by atoms with E-state index in [-0.39, 0.29) is 12.6 Å². The Morgan fingerprint density at radius 3 is 2.43 bits per heavy atom. The summed E-state index contributed by atoms with van der Waals surface area (Å²) in [6, 6.07) is 16.6. The van der Waals surface area contributed by atoms with Crippen molar-refractivity contribution >= 4 is 11.7 Å². The summed E-state index contributed by atoms with van der Waals surface area (Å²) in [6.07, 6.45) is -0.138. The molecule has 0 bridgehead atoms. The molecule has 2 aromatic rings. The molecule has 0 aliphatic heterocycles. The lowest BCUT2D eigenvalue weighted by Crippen LogP contribution is -2.28. The topological polar surface area (TPSA) is 61.5 Å². The Kier molecular flexibility index (Phi) is 5.21. The van der Waals surface area contributed by atoms with Crippen molar-refractivity contribution in [3.05, 3.63) is 60.2 Å². The van der Waals surface area contributed by atoms with Crippen LogP contribution >= 0.6 is 0 Å². The third-order valence-corrected chi connectivity index (χ3v) is 3.05. The van der Waals surface area contributed by atoms with Crippen LogP contribution in [0.4, 0.5) is 5.69 Å². The quantitative estimate of drug-likeness (QED) is 0.654. The minimum absolute atomic E-state index is 0.240. The highest BCUT2D eigenvalue weighted by atomic mass is 16.6.